The molecule has 4 nitrogen and oxygen atoms in total. The Morgan fingerprint density at radius 2 is 1.84 bits per heavy atom. The Hall–Kier alpha value is -1.24. The summed E-state index contributed by atoms with van der Waals surface area (Å²) in [5, 5.41) is 0. The van der Waals surface area contributed by atoms with Crippen molar-refractivity contribution in [3.63, 3.8) is 0 Å². The van der Waals surface area contributed by atoms with Crippen LogP contribution in [0.1, 0.15) is 5.69 Å². The number of aromatic nitrogens is 1. The third kappa shape index (κ3) is 3.86. The molecule has 0 aliphatic carbocycles. The first-order chi connectivity index (χ1) is 9.09. The molecule has 19 heavy (non-hydrogen) atoms. The Labute approximate surface area is 121 Å². The van der Waals surface area contributed by atoms with Crippen molar-refractivity contribution in [2.24, 2.45) is 0 Å². The maximum atomic E-state index is 12.1. The fraction of sp³-hybridized carbons (Fsp3) is 0.154. The highest BCUT2D eigenvalue weighted by Crippen LogP contribution is 2.20. The quantitative estimate of drug-likeness (QED) is 0.908. The average Bonchev–Trinajstić information content (AvgIpc) is 2.40. The average molecular weight is 341 g/mol. The van der Waals surface area contributed by atoms with Crippen LogP contribution in [0.5, 0.6) is 0 Å². The molecule has 100 valence electrons. The molecule has 1 heterocycles. The Bertz CT molecular complexity index is 645. The third-order valence-electron chi connectivity index (χ3n) is 2.53. The standard InChI is InChI=1S/C13H13BrN2O2S/c14-12-6-1-2-7-13(12)19(17,18)16-10-8-11-5-3-4-9-15-11/h1-7,9,16H,8,10H2. The second-order valence-corrected chi connectivity index (χ2v) is 6.49. The Balaban J connectivity index is 2.01. The first kappa shape index (κ1) is 14.2. The number of nitrogens with zero attached hydrogens (tertiary/aromatic N) is 1. The van der Waals surface area contributed by atoms with E-state index in [2.05, 4.69) is 25.6 Å². The van der Waals surface area contributed by atoms with Gasteiger partial charge in [-0.1, -0.05) is 18.2 Å². The molecule has 0 atom stereocenters. The van der Waals surface area contributed by atoms with E-state index in [1.54, 1.807) is 30.5 Å². The summed E-state index contributed by atoms with van der Waals surface area (Å²) >= 11 is 3.24. The summed E-state index contributed by atoms with van der Waals surface area (Å²) in [7, 11) is -3.49. The van der Waals surface area contributed by atoms with Gasteiger partial charge in [-0.3, -0.25) is 4.98 Å². The molecule has 2 rings (SSSR count). The van der Waals surface area contributed by atoms with Gasteiger partial charge in [0, 0.05) is 29.3 Å². The van der Waals surface area contributed by atoms with Crippen molar-refractivity contribution in [2.75, 3.05) is 6.54 Å². The van der Waals surface area contributed by atoms with E-state index in [1.165, 1.54) is 0 Å². The largest absolute Gasteiger partial charge is 0.261 e. The van der Waals surface area contributed by atoms with Crippen LogP contribution in [0.2, 0.25) is 0 Å². The number of hydrogen-bond donors (Lipinski definition) is 1. The Morgan fingerprint density at radius 1 is 1.11 bits per heavy atom. The Kier molecular flexibility index (Phi) is 4.68. The molecule has 2 aromatic rings. The zero-order valence-electron chi connectivity index (χ0n) is 10.1. The van der Waals surface area contributed by atoms with Crippen LogP contribution in [0.3, 0.4) is 0 Å². The van der Waals surface area contributed by atoms with Crippen LogP contribution in [-0.2, 0) is 16.4 Å². The van der Waals surface area contributed by atoms with Crippen molar-refractivity contribution >= 4 is 26.0 Å². The molecule has 0 saturated heterocycles. The molecule has 0 fully saturated rings. The molecule has 1 N–H and O–H groups in total. The molecule has 1 aromatic carbocycles. The summed E-state index contributed by atoms with van der Waals surface area (Å²) < 4.78 is 27.3. The smallest absolute Gasteiger partial charge is 0.241 e. The van der Waals surface area contributed by atoms with Gasteiger partial charge in [-0.05, 0) is 40.2 Å². The highest BCUT2D eigenvalue weighted by Gasteiger charge is 2.16. The van der Waals surface area contributed by atoms with E-state index in [1.807, 2.05) is 18.2 Å². The third-order valence-corrected chi connectivity index (χ3v) is 5.00. The lowest BCUT2D eigenvalue weighted by Gasteiger charge is -2.08. The fourth-order valence-corrected chi connectivity index (χ4v) is 3.63. The van der Waals surface area contributed by atoms with Gasteiger partial charge in [0.25, 0.3) is 0 Å². The summed E-state index contributed by atoms with van der Waals surface area (Å²) in [5.74, 6) is 0. The molecular weight excluding hydrogens is 328 g/mol. The topological polar surface area (TPSA) is 59.1 Å². The van der Waals surface area contributed by atoms with Gasteiger partial charge in [0.2, 0.25) is 10.0 Å². The predicted molar refractivity (Wildman–Crippen MR) is 77.3 cm³/mol. The molecule has 0 spiro atoms. The zero-order valence-corrected chi connectivity index (χ0v) is 12.5. The predicted octanol–water partition coefficient (Wildman–Crippen LogP) is 2.37. The van der Waals surface area contributed by atoms with Crippen LogP contribution in [-0.4, -0.2) is 19.9 Å². The molecule has 0 aliphatic heterocycles. The van der Waals surface area contributed by atoms with Crippen LogP contribution in [0.4, 0.5) is 0 Å². The van der Waals surface area contributed by atoms with Gasteiger partial charge < -0.3 is 0 Å². The van der Waals surface area contributed by atoms with Crippen molar-refractivity contribution in [3.05, 3.63) is 58.8 Å². The van der Waals surface area contributed by atoms with Crippen LogP contribution in [0.25, 0.3) is 0 Å². The second-order valence-electron chi connectivity index (χ2n) is 3.90. The molecule has 0 aliphatic rings. The molecule has 0 saturated carbocycles. The monoisotopic (exact) mass is 340 g/mol. The summed E-state index contributed by atoms with van der Waals surface area (Å²) in [6.07, 6.45) is 2.25. The number of nitrogens with one attached hydrogen (secondary N) is 1. The lowest BCUT2D eigenvalue weighted by Crippen LogP contribution is -2.26. The minimum atomic E-state index is -3.49. The van der Waals surface area contributed by atoms with E-state index in [0.717, 1.165) is 5.69 Å². The van der Waals surface area contributed by atoms with Crippen molar-refractivity contribution < 1.29 is 8.42 Å². The second kappa shape index (κ2) is 6.27. The van der Waals surface area contributed by atoms with E-state index in [4.69, 9.17) is 0 Å². The molecular formula is C13H13BrN2O2S. The summed E-state index contributed by atoms with van der Waals surface area (Å²) in [6.45, 7) is 0.320. The SMILES string of the molecule is O=S(=O)(NCCc1ccccn1)c1ccccc1Br. The number of rotatable bonds is 5. The van der Waals surface area contributed by atoms with Crippen molar-refractivity contribution in [1.82, 2.24) is 9.71 Å². The number of hydrogen-bond acceptors (Lipinski definition) is 3. The highest BCUT2D eigenvalue weighted by molar-refractivity contribution is 9.10. The summed E-state index contributed by atoms with van der Waals surface area (Å²) in [5.41, 5.74) is 0.859. The van der Waals surface area contributed by atoms with Crippen molar-refractivity contribution in [1.29, 1.82) is 0 Å². The first-order valence-electron chi connectivity index (χ1n) is 5.74. The minimum Gasteiger partial charge on any atom is -0.261 e. The number of pyridine rings is 1. The van der Waals surface area contributed by atoms with Gasteiger partial charge >= 0.3 is 0 Å². The lowest BCUT2D eigenvalue weighted by atomic mass is 10.3. The van der Waals surface area contributed by atoms with Crippen LogP contribution in [0, 0.1) is 0 Å². The van der Waals surface area contributed by atoms with Crippen LogP contribution in [0.15, 0.2) is 58.0 Å². The van der Waals surface area contributed by atoms with Gasteiger partial charge in [0.1, 0.15) is 0 Å². The van der Waals surface area contributed by atoms with Crippen molar-refractivity contribution in [3.8, 4) is 0 Å². The number of sulfonamides is 1. The van der Waals surface area contributed by atoms with Gasteiger partial charge in [-0.15, -0.1) is 0 Å². The molecule has 0 radical (unpaired) electrons. The lowest BCUT2D eigenvalue weighted by molar-refractivity contribution is 0.581. The van der Waals surface area contributed by atoms with Gasteiger partial charge in [-0.25, -0.2) is 13.1 Å². The van der Waals surface area contributed by atoms with Gasteiger partial charge in [0.05, 0.1) is 4.90 Å². The normalized spacial score (nSPS) is 11.4. The van der Waals surface area contributed by atoms with E-state index in [9.17, 15) is 8.42 Å². The van der Waals surface area contributed by atoms with Crippen LogP contribution >= 0.6 is 15.9 Å². The summed E-state index contributed by atoms with van der Waals surface area (Å²) in [6, 6.07) is 12.3. The van der Waals surface area contributed by atoms with E-state index < -0.39 is 10.0 Å². The highest BCUT2D eigenvalue weighted by atomic mass is 79.9. The molecule has 0 bridgehead atoms. The Morgan fingerprint density at radius 3 is 2.53 bits per heavy atom. The fourth-order valence-electron chi connectivity index (χ4n) is 1.60. The zero-order chi connectivity index (χ0) is 13.7. The maximum absolute atomic E-state index is 12.1. The maximum Gasteiger partial charge on any atom is 0.241 e. The van der Waals surface area contributed by atoms with E-state index in [-0.39, 0.29) is 4.90 Å². The molecule has 0 amide bonds. The minimum absolute atomic E-state index is 0.246. The van der Waals surface area contributed by atoms with Gasteiger partial charge in [0.15, 0.2) is 0 Å². The summed E-state index contributed by atoms with van der Waals surface area (Å²) in [4.78, 5) is 4.39. The van der Waals surface area contributed by atoms with Crippen LogP contribution < -0.4 is 4.72 Å². The number of halogens is 1. The first-order valence-corrected chi connectivity index (χ1v) is 8.01. The molecule has 1 aromatic heterocycles. The molecule has 0 unspecified atom stereocenters. The van der Waals surface area contributed by atoms with E-state index in [0.29, 0.717) is 17.4 Å². The van der Waals surface area contributed by atoms with E-state index >= 15 is 0 Å². The van der Waals surface area contributed by atoms with Gasteiger partial charge in [-0.2, -0.15) is 0 Å². The number of benzene rings is 1. The van der Waals surface area contributed by atoms with Crippen molar-refractivity contribution in [2.45, 2.75) is 11.3 Å². The molecule has 6 heteroatoms.